The fourth-order valence-corrected chi connectivity index (χ4v) is 10.7. The molecule has 1 aliphatic rings. The van der Waals surface area contributed by atoms with E-state index < -0.39 is 61.5 Å². The molecule has 0 aromatic heterocycles. The maximum absolute atomic E-state index is 14.0. The molecule has 1 saturated heterocycles. The van der Waals surface area contributed by atoms with Crippen molar-refractivity contribution in [1.82, 2.24) is 0 Å². The Hall–Kier alpha value is -0.490. The van der Waals surface area contributed by atoms with Crippen molar-refractivity contribution in [2.75, 3.05) is 18.5 Å². The third-order valence-electron chi connectivity index (χ3n) is 5.86. The van der Waals surface area contributed by atoms with Gasteiger partial charge in [-0.05, 0) is 0 Å². The quantitative estimate of drug-likeness (QED) is 0.218. The van der Waals surface area contributed by atoms with E-state index in [0.29, 0.717) is 0 Å². The van der Waals surface area contributed by atoms with Crippen molar-refractivity contribution in [3.05, 3.63) is 0 Å². The van der Waals surface area contributed by atoms with Gasteiger partial charge in [-0.15, -0.1) is 0 Å². The second-order valence-electron chi connectivity index (χ2n) is 8.29. The summed E-state index contributed by atoms with van der Waals surface area (Å²) >= 11 is 0. The summed E-state index contributed by atoms with van der Waals surface area (Å²) in [5.41, 5.74) is -13.3. The zero-order valence-electron chi connectivity index (χ0n) is 18.2. The number of hydrogen-bond acceptors (Lipinski definition) is 2. The molecule has 2 nitrogen and oxygen atoms in total. The minimum absolute atomic E-state index is 0.0684. The number of alkyl halides is 12. The van der Waals surface area contributed by atoms with Crippen LogP contribution in [0.25, 0.3) is 0 Å². The first-order chi connectivity index (χ1) is 14.7. The molecule has 0 unspecified atom stereocenters. The molecule has 1 fully saturated rings. The maximum atomic E-state index is 14.0. The van der Waals surface area contributed by atoms with Crippen LogP contribution in [0.1, 0.15) is 59.3 Å². The van der Waals surface area contributed by atoms with Crippen LogP contribution >= 0.6 is 7.06 Å². The zero-order valence-corrected chi connectivity index (χ0v) is 19.1. The van der Waals surface area contributed by atoms with E-state index in [1.165, 1.54) is 20.8 Å². The normalized spacial score (nSPS) is 23.8. The predicted molar refractivity (Wildman–Crippen MR) is 98.1 cm³/mol. The van der Waals surface area contributed by atoms with Crippen molar-refractivity contribution in [3.8, 4) is 0 Å². The summed E-state index contributed by atoms with van der Waals surface area (Å²) in [6.45, 7) is 4.31. The summed E-state index contributed by atoms with van der Waals surface area (Å²) in [7, 11) is -5.85. The van der Waals surface area contributed by atoms with Gasteiger partial charge in [0.1, 0.15) is 0 Å². The van der Waals surface area contributed by atoms with Crippen LogP contribution in [0.15, 0.2) is 0 Å². The van der Waals surface area contributed by atoms with Gasteiger partial charge in [0.25, 0.3) is 0 Å². The molecule has 0 bridgehead atoms. The molecule has 0 atom stereocenters. The number of rotatable bonds is 9. The van der Waals surface area contributed by atoms with Crippen LogP contribution in [0.5, 0.6) is 0 Å². The summed E-state index contributed by atoms with van der Waals surface area (Å²) in [5.74, 6) is 0. The summed E-state index contributed by atoms with van der Waals surface area (Å²) in [6.07, 6.45) is -31.9. The van der Waals surface area contributed by atoms with E-state index in [0.717, 1.165) is 0 Å². The molecular formula is C18H27F12O2P. The first-order valence-corrected chi connectivity index (χ1v) is 13.0. The number of unbranched alkanes of at least 4 members (excludes halogenated alkanes) is 3. The van der Waals surface area contributed by atoms with E-state index in [1.807, 2.05) is 0 Å². The SMILES string of the molecule is CCCCP1(CCCC)(CCCC)OC(C(F)(F)F)(C(F)(F)F)C(C(F)(F)F)(C(F)(F)F)O1. The summed E-state index contributed by atoms with van der Waals surface area (Å²) in [5, 5.41) is 0. The van der Waals surface area contributed by atoms with E-state index in [2.05, 4.69) is 9.05 Å². The molecule has 0 aromatic carbocycles. The van der Waals surface area contributed by atoms with Gasteiger partial charge in [-0.3, -0.25) is 0 Å². The van der Waals surface area contributed by atoms with Crippen LogP contribution in [0, 0.1) is 0 Å². The molecule has 0 radical (unpaired) electrons. The van der Waals surface area contributed by atoms with E-state index in [4.69, 9.17) is 0 Å². The Balaban J connectivity index is 4.31. The molecule has 33 heavy (non-hydrogen) atoms. The topological polar surface area (TPSA) is 18.5 Å². The van der Waals surface area contributed by atoms with Gasteiger partial charge in [-0.1, -0.05) is 0 Å². The van der Waals surface area contributed by atoms with Crippen molar-refractivity contribution in [3.63, 3.8) is 0 Å². The average Bonchev–Trinajstić information content (AvgIpc) is 2.95. The summed E-state index contributed by atoms with van der Waals surface area (Å²) < 4.78 is 177. The average molecular weight is 534 g/mol. The van der Waals surface area contributed by atoms with Crippen LogP contribution in [0.3, 0.4) is 0 Å². The van der Waals surface area contributed by atoms with Crippen molar-refractivity contribution >= 4 is 7.06 Å². The Morgan fingerprint density at radius 2 is 0.697 bits per heavy atom. The van der Waals surface area contributed by atoms with E-state index in [9.17, 15) is 52.7 Å². The van der Waals surface area contributed by atoms with E-state index in [1.54, 1.807) is 0 Å². The van der Waals surface area contributed by atoms with Crippen LogP contribution in [0.2, 0.25) is 0 Å². The minimum atomic E-state index is -7.15. The van der Waals surface area contributed by atoms with E-state index >= 15 is 0 Å². The standard InChI is InChI=1S/C18H27F12O2P/c1-4-7-10-33(11-8-5-2,12-9-6-3)31-13(15(19,20)21,16(22,23)24)14(32-33,17(25,26)27)18(28,29)30/h4-12H2,1-3H3. The van der Waals surface area contributed by atoms with Crippen molar-refractivity contribution in [2.45, 2.75) is 95.2 Å². The summed E-state index contributed by atoms with van der Waals surface area (Å²) in [6, 6.07) is 0. The first kappa shape index (κ1) is 30.5. The predicted octanol–water partition coefficient (Wildman–Crippen LogP) is 8.54. The van der Waals surface area contributed by atoms with Crippen molar-refractivity contribution < 1.29 is 61.7 Å². The number of halogens is 12. The molecule has 0 aromatic rings. The fraction of sp³-hybridized carbons (Fsp3) is 1.00. The molecular weight excluding hydrogens is 507 g/mol. The first-order valence-electron chi connectivity index (χ1n) is 10.4. The Kier molecular flexibility index (Phi) is 8.50. The van der Waals surface area contributed by atoms with Gasteiger partial charge in [0.15, 0.2) is 0 Å². The molecule has 0 N–H and O–H groups in total. The molecule has 15 heteroatoms. The molecule has 0 aliphatic carbocycles. The molecule has 1 heterocycles. The van der Waals surface area contributed by atoms with Crippen molar-refractivity contribution in [2.24, 2.45) is 0 Å². The van der Waals surface area contributed by atoms with E-state index in [-0.39, 0.29) is 38.5 Å². The van der Waals surface area contributed by atoms with Crippen molar-refractivity contribution in [1.29, 1.82) is 0 Å². The third-order valence-corrected chi connectivity index (χ3v) is 11.3. The Morgan fingerprint density at radius 1 is 0.485 bits per heavy atom. The second kappa shape index (κ2) is 9.19. The van der Waals surface area contributed by atoms with Gasteiger partial charge in [-0.2, -0.15) is 0 Å². The van der Waals surface area contributed by atoms with Gasteiger partial charge in [0.2, 0.25) is 0 Å². The third kappa shape index (κ3) is 4.69. The van der Waals surface area contributed by atoms with Gasteiger partial charge >= 0.3 is 182 Å². The Bertz CT molecular complexity index is 569. The van der Waals surface area contributed by atoms with Crippen LogP contribution in [0.4, 0.5) is 52.7 Å². The van der Waals surface area contributed by atoms with Gasteiger partial charge in [0, 0.05) is 0 Å². The molecule has 0 saturated carbocycles. The van der Waals surface area contributed by atoms with Gasteiger partial charge < -0.3 is 0 Å². The number of hydrogen-bond donors (Lipinski definition) is 0. The Labute approximate surface area is 183 Å². The summed E-state index contributed by atoms with van der Waals surface area (Å²) in [4.78, 5) is 0. The van der Waals surface area contributed by atoms with Crippen LogP contribution in [-0.4, -0.2) is 54.4 Å². The molecule has 1 aliphatic heterocycles. The molecule has 1 rings (SSSR count). The van der Waals surface area contributed by atoms with Gasteiger partial charge in [0.05, 0.1) is 0 Å². The molecule has 200 valence electrons. The fourth-order valence-electron chi connectivity index (χ4n) is 4.31. The monoisotopic (exact) mass is 534 g/mol. The Morgan fingerprint density at radius 3 is 0.848 bits per heavy atom. The van der Waals surface area contributed by atoms with Crippen LogP contribution in [-0.2, 0) is 9.05 Å². The zero-order chi connectivity index (χ0) is 26.2. The van der Waals surface area contributed by atoms with Crippen LogP contribution < -0.4 is 0 Å². The molecule has 0 amide bonds. The van der Waals surface area contributed by atoms with Gasteiger partial charge in [-0.25, -0.2) is 0 Å². The second-order valence-corrected chi connectivity index (χ2v) is 13.0. The molecule has 0 spiro atoms.